The standard InChI is InChI=1S/C25H13N5/c1-4-14-5-2-8-18-20(14)17(7-1)23-24(18)29-30-25(28-23)19-12-11-16-10-9-15-6-3-13-26-21(15)22(16)27-19/h1-13H. The first-order valence-corrected chi connectivity index (χ1v) is 9.79. The summed E-state index contributed by atoms with van der Waals surface area (Å²) < 4.78 is 0. The molecular formula is C25H13N5. The molecule has 7 rings (SSSR count). The van der Waals surface area contributed by atoms with Gasteiger partial charge in [0.25, 0.3) is 0 Å². The second-order valence-corrected chi connectivity index (χ2v) is 7.45. The molecule has 0 amide bonds. The molecule has 6 aromatic rings. The largest absolute Gasteiger partial charge is 0.254 e. The molecule has 0 unspecified atom stereocenters. The van der Waals surface area contributed by atoms with Crippen LogP contribution in [0.3, 0.4) is 0 Å². The summed E-state index contributed by atoms with van der Waals surface area (Å²) in [7, 11) is 0. The summed E-state index contributed by atoms with van der Waals surface area (Å²) in [5.41, 5.74) is 6.30. The zero-order chi connectivity index (χ0) is 19.7. The third-order valence-electron chi connectivity index (χ3n) is 5.76. The Morgan fingerprint density at radius 2 is 1.27 bits per heavy atom. The van der Waals surface area contributed by atoms with E-state index in [1.807, 2.05) is 24.3 Å². The van der Waals surface area contributed by atoms with E-state index >= 15 is 0 Å². The summed E-state index contributed by atoms with van der Waals surface area (Å²) >= 11 is 0. The zero-order valence-corrected chi connectivity index (χ0v) is 15.7. The highest BCUT2D eigenvalue weighted by Gasteiger charge is 2.25. The van der Waals surface area contributed by atoms with Crippen LogP contribution in [0, 0.1) is 0 Å². The molecule has 138 valence electrons. The summed E-state index contributed by atoms with van der Waals surface area (Å²) in [6.45, 7) is 0. The van der Waals surface area contributed by atoms with E-state index in [0.29, 0.717) is 11.5 Å². The second-order valence-electron chi connectivity index (χ2n) is 7.45. The van der Waals surface area contributed by atoms with E-state index in [4.69, 9.17) is 9.97 Å². The van der Waals surface area contributed by atoms with E-state index in [1.54, 1.807) is 6.20 Å². The van der Waals surface area contributed by atoms with Crippen LogP contribution < -0.4 is 0 Å². The average Bonchev–Trinajstić information content (AvgIpc) is 3.14. The number of hydrogen-bond donors (Lipinski definition) is 0. The van der Waals surface area contributed by atoms with Crippen molar-refractivity contribution in [3.63, 3.8) is 0 Å². The van der Waals surface area contributed by atoms with Crippen molar-refractivity contribution in [1.82, 2.24) is 25.1 Å². The lowest BCUT2D eigenvalue weighted by molar-refractivity contribution is 0.989. The van der Waals surface area contributed by atoms with Crippen LogP contribution >= 0.6 is 0 Å². The molecule has 0 aliphatic heterocycles. The first-order chi connectivity index (χ1) is 14.9. The minimum absolute atomic E-state index is 0.522. The number of aromatic nitrogens is 5. The Labute approximate surface area is 171 Å². The topological polar surface area (TPSA) is 64.5 Å². The third kappa shape index (κ3) is 2.03. The first kappa shape index (κ1) is 15.6. The summed E-state index contributed by atoms with van der Waals surface area (Å²) in [5, 5.41) is 13.5. The minimum Gasteiger partial charge on any atom is -0.254 e. The highest BCUT2D eigenvalue weighted by molar-refractivity contribution is 6.13. The van der Waals surface area contributed by atoms with E-state index in [-0.39, 0.29) is 0 Å². The van der Waals surface area contributed by atoms with Crippen LogP contribution in [-0.4, -0.2) is 25.1 Å². The molecule has 0 radical (unpaired) electrons. The van der Waals surface area contributed by atoms with Crippen molar-refractivity contribution >= 4 is 32.6 Å². The molecule has 3 aromatic carbocycles. The van der Waals surface area contributed by atoms with Gasteiger partial charge in [-0.2, -0.15) is 0 Å². The number of nitrogens with zero attached hydrogens (tertiary/aromatic N) is 5. The molecule has 0 spiro atoms. The van der Waals surface area contributed by atoms with Crippen LogP contribution in [0.5, 0.6) is 0 Å². The molecule has 0 bridgehead atoms. The number of benzene rings is 3. The number of fused-ring (bicyclic) bond motifs is 6. The molecular weight excluding hydrogens is 370 g/mol. The smallest absolute Gasteiger partial charge is 0.201 e. The van der Waals surface area contributed by atoms with Gasteiger partial charge in [-0.1, -0.05) is 60.7 Å². The Hall–Kier alpha value is -4.25. The van der Waals surface area contributed by atoms with E-state index in [9.17, 15) is 0 Å². The lowest BCUT2D eigenvalue weighted by Crippen LogP contribution is -1.98. The van der Waals surface area contributed by atoms with Crippen LogP contribution in [0.1, 0.15) is 0 Å². The molecule has 0 fully saturated rings. The van der Waals surface area contributed by atoms with Crippen LogP contribution in [0.4, 0.5) is 0 Å². The summed E-state index contributed by atoms with van der Waals surface area (Å²) in [5.74, 6) is 0.522. The predicted octanol–water partition coefficient (Wildman–Crippen LogP) is 5.44. The Kier molecular flexibility index (Phi) is 2.94. The van der Waals surface area contributed by atoms with Crippen LogP contribution in [0.2, 0.25) is 0 Å². The monoisotopic (exact) mass is 383 g/mol. The molecule has 5 nitrogen and oxygen atoms in total. The zero-order valence-electron chi connectivity index (χ0n) is 15.7. The van der Waals surface area contributed by atoms with Crippen molar-refractivity contribution in [2.45, 2.75) is 0 Å². The van der Waals surface area contributed by atoms with Gasteiger partial charge in [0.05, 0.1) is 11.0 Å². The average molecular weight is 383 g/mol. The Balaban J connectivity index is 1.47. The maximum Gasteiger partial charge on any atom is 0.201 e. The fraction of sp³-hybridized carbons (Fsp3) is 0. The van der Waals surface area contributed by atoms with Gasteiger partial charge in [0, 0.05) is 33.5 Å². The Bertz CT molecular complexity index is 1650. The molecule has 0 atom stereocenters. The predicted molar refractivity (Wildman–Crippen MR) is 118 cm³/mol. The van der Waals surface area contributed by atoms with E-state index in [0.717, 1.165) is 44.3 Å². The molecule has 1 aliphatic rings. The summed E-state index contributed by atoms with van der Waals surface area (Å²) in [6.07, 6.45) is 1.79. The van der Waals surface area contributed by atoms with Crippen molar-refractivity contribution in [1.29, 1.82) is 0 Å². The van der Waals surface area contributed by atoms with E-state index in [2.05, 4.69) is 63.7 Å². The first-order valence-electron chi connectivity index (χ1n) is 9.79. The number of rotatable bonds is 1. The maximum absolute atomic E-state index is 4.89. The number of pyridine rings is 2. The van der Waals surface area contributed by atoms with Gasteiger partial charge >= 0.3 is 0 Å². The quantitative estimate of drug-likeness (QED) is 0.353. The van der Waals surface area contributed by atoms with Gasteiger partial charge in [0.2, 0.25) is 5.82 Å². The summed E-state index contributed by atoms with van der Waals surface area (Å²) in [4.78, 5) is 14.3. The minimum atomic E-state index is 0.522. The molecule has 3 heterocycles. The van der Waals surface area contributed by atoms with Crippen LogP contribution in [-0.2, 0) is 0 Å². The van der Waals surface area contributed by atoms with Gasteiger partial charge in [-0.15, -0.1) is 10.2 Å². The Morgan fingerprint density at radius 1 is 0.533 bits per heavy atom. The van der Waals surface area contributed by atoms with Gasteiger partial charge in [0.15, 0.2) is 0 Å². The fourth-order valence-electron chi connectivity index (χ4n) is 4.39. The van der Waals surface area contributed by atoms with E-state index in [1.165, 1.54) is 10.8 Å². The lowest BCUT2D eigenvalue weighted by Gasteiger charge is -2.06. The molecule has 30 heavy (non-hydrogen) atoms. The van der Waals surface area contributed by atoms with Gasteiger partial charge in [-0.25, -0.2) is 9.97 Å². The molecule has 0 N–H and O–H groups in total. The fourth-order valence-corrected chi connectivity index (χ4v) is 4.39. The highest BCUT2D eigenvalue weighted by atomic mass is 15.2. The van der Waals surface area contributed by atoms with Gasteiger partial charge in [-0.3, -0.25) is 4.98 Å². The third-order valence-corrected chi connectivity index (χ3v) is 5.76. The SMILES string of the molecule is c1cc2c3c(cccc3c1)-c1nc(-c3ccc4ccc5cccnc5c4n3)nnc1-2. The number of hydrogen-bond acceptors (Lipinski definition) is 5. The normalized spacial score (nSPS) is 12.0. The van der Waals surface area contributed by atoms with Crippen molar-refractivity contribution in [2.24, 2.45) is 0 Å². The van der Waals surface area contributed by atoms with Crippen LogP contribution in [0.25, 0.3) is 66.6 Å². The van der Waals surface area contributed by atoms with Crippen molar-refractivity contribution < 1.29 is 0 Å². The molecule has 3 aromatic heterocycles. The second kappa shape index (κ2) is 5.64. The summed E-state index contributed by atoms with van der Waals surface area (Å²) in [6, 6.07) is 24.6. The van der Waals surface area contributed by atoms with Gasteiger partial charge in [-0.05, 0) is 17.5 Å². The van der Waals surface area contributed by atoms with Crippen molar-refractivity contribution in [3.8, 4) is 34.0 Å². The lowest BCUT2D eigenvalue weighted by atomic mass is 10.0. The van der Waals surface area contributed by atoms with Crippen LogP contribution in [0.15, 0.2) is 79.0 Å². The highest BCUT2D eigenvalue weighted by Crippen LogP contribution is 2.44. The Morgan fingerprint density at radius 3 is 2.13 bits per heavy atom. The van der Waals surface area contributed by atoms with E-state index < -0.39 is 0 Å². The van der Waals surface area contributed by atoms with Crippen molar-refractivity contribution in [3.05, 3.63) is 79.0 Å². The molecule has 1 aliphatic carbocycles. The molecule has 0 saturated heterocycles. The molecule has 5 heteroatoms. The van der Waals surface area contributed by atoms with Gasteiger partial charge < -0.3 is 0 Å². The van der Waals surface area contributed by atoms with Crippen molar-refractivity contribution in [2.75, 3.05) is 0 Å². The molecule has 0 saturated carbocycles. The maximum atomic E-state index is 4.89. The van der Waals surface area contributed by atoms with Gasteiger partial charge in [0.1, 0.15) is 17.1 Å².